The van der Waals surface area contributed by atoms with Crippen LogP contribution in [-0.4, -0.2) is 27.9 Å². The van der Waals surface area contributed by atoms with Gasteiger partial charge in [0, 0.05) is 5.56 Å². The first kappa shape index (κ1) is 12.7. The van der Waals surface area contributed by atoms with E-state index in [2.05, 4.69) is 11.1 Å². The lowest BCUT2D eigenvalue weighted by molar-refractivity contribution is -0.133. The van der Waals surface area contributed by atoms with Crippen molar-refractivity contribution in [2.45, 2.75) is 18.9 Å². The van der Waals surface area contributed by atoms with Gasteiger partial charge in [0.2, 0.25) is 0 Å². The molecule has 0 fully saturated rings. The molecule has 0 amide bonds. The maximum atomic E-state index is 10.6. The van der Waals surface area contributed by atoms with Gasteiger partial charge in [-0.05, 0) is 12.0 Å². The van der Waals surface area contributed by atoms with E-state index in [0.29, 0.717) is 6.42 Å². The number of fused-ring (bicyclic) bond motifs is 1. The zero-order chi connectivity index (χ0) is 13.0. The molecular formula is C13H12N2O2S. The molecule has 0 saturated carbocycles. The number of hydrogen-bond acceptors (Lipinski definition) is 4. The Morgan fingerprint density at radius 3 is 3.06 bits per heavy atom. The lowest BCUT2D eigenvalue weighted by atomic mass is 9.97. The average molecular weight is 260 g/mol. The summed E-state index contributed by atoms with van der Waals surface area (Å²) in [6, 6.07) is 9.89. The van der Waals surface area contributed by atoms with E-state index in [0.717, 1.165) is 22.6 Å². The first-order valence-corrected chi connectivity index (χ1v) is 6.57. The fraction of sp³-hybridized carbons (Fsp3) is 0.308. The molecule has 1 aromatic carbocycles. The number of carboxylic acid groups (broad SMARTS) is 1. The number of aliphatic imine (C=N–C) groups is 1. The van der Waals surface area contributed by atoms with Gasteiger partial charge in [0.15, 0.2) is 0 Å². The van der Waals surface area contributed by atoms with Gasteiger partial charge < -0.3 is 5.11 Å². The normalized spacial score (nSPS) is 17.5. The van der Waals surface area contributed by atoms with E-state index in [4.69, 9.17) is 10.4 Å². The Morgan fingerprint density at radius 2 is 2.33 bits per heavy atom. The number of hydrogen-bond donors (Lipinski definition) is 1. The second-order valence-electron chi connectivity index (χ2n) is 3.99. The predicted molar refractivity (Wildman–Crippen MR) is 70.8 cm³/mol. The highest BCUT2D eigenvalue weighted by Crippen LogP contribution is 2.26. The minimum Gasteiger partial charge on any atom is -0.481 e. The third kappa shape index (κ3) is 2.90. The Bertz CT molecular complexity index is 534. The van der Waals surface area contributed by atoms with Gasteiger partial charge in [0.25, 0.3) is 0 Å². The molecule has 1 unspecified atom stereocenters. The Kier molecular flexibility index (Phi) is 4.00. The summed E-state index contributed by atoms with van der Waals surface area (Å²) >= 11 is 1.22. The van der Waals surface area contributed by atoms with E-state index in [1.807, 2.05) is 24.3 Å². The number of carboxylic acids is 1. The van der Waals surface area contributed by atoms with Crippen LogP contribution in [0.1, 0.15) is 17.5 Å². The van der Waals surface area contributed by atoms with Crippen molar-refractivity contribution < 1.29 is 9.90 Å². The Morgan fingerprint density at radius 1 is 1.56 bits per heavy atom. The second kappa shape index (κ2) is 5.69. The predicted octanol–water partition coefficient (Wildman–Crippen LogP) is 2.09. The maximum Gasteiger partial charge on any atom is 0.313 e. The van der Waals surface area contributed by atoms with E-state index in [1.54, 1.807) is 0 Å². The van der Waals surface area contributed by atoms with Crippen LogP contribution in [0.2, 0.25) is 0 Å². The smallest absolute Gasteiger partial charge is 0.313 e. The molecule has 0 aliphatic carbocycles. The van der Waals surface area contributed by atoms with Gasteiger partial charge in [-0.25, -0.2) is 0 Å². The monoisotopic (exact) mass is 260 g/mol. The molecule has 0 bridgehead atoms. The molecule has 4 nitrogen and oxygen atoms in total. The minimum absolute atomic E-state index is 0.00750. The molecular weight excluding hydrogens is 248 g/mol. The van der Waals surface area contributed by atoms with Gasteiger partial charge in [-0.2, -0.15) is 5.26 Å². The molecule has 2 rings (SSSR count). The Balaban J connectivity index is 2.26. The van der Waals surface area contributed by atoms with E-state index in [1.165, 1.54) is 11.8 Å². The molecule has 0 saturated heterocycles. The van der Waals surface area contributed by atoms with Crippen molar-refractivity contribution in [3.8, 4) is 6.07 Å². The van der Waals surface area contributed by atoms with E-state index in [9.17, 15) is 4.79 Å². The maximum absolute atomic E-state index is 10.6. The van der Waals surface area contributed by atoms with Crippen LogP contribution in [0.3, 0.4) is 0 Å². The topological polar surface area (TPSA) is 73.5 Å². The first-order chi connectivity index (χ1) is 8.70. The number of rotatable bonds is 3. The summed E-state index contributed by atoms with van der Waals surface area (Å²) in [4.78, 5) is 15.1. The van der Waals surface area contributed by atoms with Crippen molar-refractivity contribution in [1.29, 1.82) is 5.26 Å². The van der Waals surface area contributed by atoms with Crippen molar-refractivity contribution in [3.05, 3.63) is 35.4 Å². The summed E-state index contributed by atoms with van der Waals surface area (Å²) in [6.07, 6.45) is 1.12. The number of carbonyl (C=O) groups is 1. The van der Waals surface area contributed by atoms with Crippen LogP contribution in [0.5, 0.6) is 0 Å². The van der Waals surface area contributed by atoms with Gasteiger partial charge in [-0.3, -0.25) is 9.79 Å². The lowest BCUT2D eigenvalue weighted by Gasteiger charge is -2.21. The van der Waals surface area contributed by atoms with Crippen molar-refractivity contribution in [2.24, 2.45) is 4.99 Å². The van der Waals surface area contributed by atoms with Gasteiger partial charge in [-0.15, -0.1) is 0 Å². The molecule has 5 heteroatoms. The summed E-state index contributed by atoms with van der Waals surface area (Å²) in [7, 11) is 0. The molecule has 1 aliphatic rings. The molecule has 0 aromatic heterocycles. The number of benzene rings is 1. The average Bonchev–Trinajstić information content (AvgIpc) is 2.36. The van der Waals surface area contributed by atoms with Crippen LogP contribution in [0.25, 0.3) is 0 Å². The largest absolute Gasteiger partial charge is 0.481 e. The summed E-state index contributed by atoms with van der Waals surface area (Å²) in [5, 5.41) is 18.2. The molecule has 0 spiro atoms. The summed E-state index contributed by atoms with van der Waals surface area (Å²) in [6.45, 7) is 0. The number of aliphatic carboxylic acids is 1. The molecule has 1 aromatic rings. The number of nitriles is 1. The van der Waals surface area contributed by atoms with Crippen molar-refractivity contribution in [3.63, 3.8) is 0 Å². The van der Waals surface area contributed by atoms with Crippen molar-refractivity contribution in [2.75, 3.05) is 5.75 Å². The fourth-order valence-corrected chi connectivity index (χ4v) is 2.75. The van der Waals surface area contributed by atoms with Gasteiger partial charge >= 0.3 is 5.97 Å². The third-order valence-electron chi connectivity index (χ3n) is 2.66. The molecule has 1 heterocycles. The van der Waals surface area contributed by atoms with E-state index >= 15 is 0 Å². The number of thioether (sulfide) groups is 1. The van der Waals surface area contributed by atoms with Crippen molar-refractivity contribution in [1.82, 2.24) is 0 Å². The van der Waals surface area contributed by atoms with Gasteiger partial charge in [-0.1, -0.05) is 36.0 Å². The lowest BCUT2D eigenvalue weighted by Crippen LogP contribution is -2.20. The quantitative estimate of drug-likeness (QED) is 0.903. The fourth-order valence-electron chi connectivity index (χ4n) is 1.91. The highest BCUT2D eigenvalue weighted by Gasteiger charge is 2.21. The Hall–Kier alpha value is -1.80. The van der Waals surface area contributed by atoms with Crippen LogP contribution < -0.4 is 0 Å². The number of nitrogens with zero attached hydrogens (tertiary/aromatic N) is 2. The molecule has 1 atom stereocenters. The summed E-state index contributed by atoms with van der Waals surface area (Å²) in [5.41, 5.74) is 2.14. The SMILES string of the molecule is N#CCC1Cc2ccccc2C(SCC(=O)O)=N1. The second-order valence-corrected chi connectivity index (χ2v) is 4.96. The minimum atomic E-state index is -0.859. The van der Waals surface area contributed by atoms with Crippen molar-refractivity contribution >= 4 is 22.8 Å². The Labute approximate surface area is 109 Å². The third-order valence-corrected chi connectivity index (χ3v) is 3.65. The standard InChI is InChI=1S/C13H12N2O2S/c14-6-5-10-7-9-3-1-2-4-11(9)13(15-10)18-8-12(16)17/h1-4,10H,5,7-8H2,(H,16,17). The van der Waals surface area contributed by atoms with Crippen LogP contribution in [-0.2, 0) is 11.2 Å². The molecule has 92 valence electrons. The highest BCUT2D eigenvalue weighted by atomic mass is 32.2. The highest BCUT2D eigenvalue weighted by molar-refractivity contribution is 8.14. The molecule has 1 aliphatic heterocycles. The van der Waals surface area contributed by atoms with E-state index < -0.39 is 5.97 Å². The van der Waals surface area contributed by atoms with E-state index in [-0.39, 0.29) is 11.8 Å². The van der Waals surface area contributed by atoms with Gasteiger partial charge in [0.05, 0.1) is 29.3 Å². The van der Waals surface area contributed by atoms with Gasteiger partial charge in [0.1, 0.15) is 0 Å². The molecule has 1 N–H and O–H groups in total. The molecule has 0 radical (unpaired) electrons. The zero-order valence-electron chi connectivity index (χ0n) is 9.67. The molecule has 18 heavy (non-hydrogen) atoms. The van der Waals surface area contributed by atoms with Crippen LogP contribution in [0, 0.1) is 11.3 Å². The summed E-state index contributed by atoms with van der Waals surface area (Å²) < 4.78 is 0. The first-order valence-electron chi connectivity index (χ1n) is 5.58. The van der Waals surface area contributed by atoms with Crippen LogP contribution in [0.4, 0.5) is 0 Å². The van der Waals surface area contributed by atoms with Crippen LogP contribution >= 0.6 is 11.8 Å². The summed E-state index contributed by atoms with van der Waals surface area (Å²) in [5.74, 6) is -0.866. The van der Waals surface area contributed by atoms with Crippen LogP contribution in [0.15, 0.2) is 29.3 Å². The zero-order valence-corrected chi connectivity index (χ0v) is 10.5.